The van der Waals surface area contributed by atoms with Gasteiger partial charge in [0.15, 0.2) is 5.82 Å². The van der Waals surface area contributed by atoms with Gasteiger partial charge in [0.05, 0.1) is 23.4 Å². The average molecular weight is 537 g/mol. The summed E-state index contributed by atoms with van der Waals surface area (Å²) < 4.78 is 5.21. The van der Waals surface area contributed by atoms with Crippen LogP contribution >= 0.6 is 11.6 Å². The van der Waals surface area contributed by atoms with Crippen molar-refractivity contribution in [3.63, 3.8) is 0 Å². The van der Waals surface area contributed by atoms with Crippen LogP contribution in [0.25, 0.3) is 11.3 Å². The Bertz CT molecular complexity index is 1230. The molecule has 10 heteroatoms. The molecule has 1 aliphatic rings. The van der Waals surface area contributed by atoms with Crippen molar-refractivity contribution in [2.75, 3.05) is 71.9 Å². The smallest absolute Gasteiger partial charge is 0.255 e. The lowest BCUT2D eigenvalue weighted by Gasteiger charge is -2.36. The van der Waals surface area contributed by atoms with Gasteiger partial charge in [-0.3, -0.25) is 9.59 Å². The Kier molecular flexibility index (Phi) is 9.15. The maximum atomic E-state index is 13.2. The van der Waals surface area contributed by atoms with E-state index in [0.29, 0.717) is 49.9 Å². The Morgan fingerprint density at radius 1 is 0.921 bits per heavy atom. The van der Waals surface area contributed by atoms with Crippen LogP contribution in [0.1, 0.15) is 10.4 Å². The summed E-state index contributed by atoms with van der Waals surface area (Å²) >= 11 is 6.27. The van der Waals surface area contributed by atoms with E-state index in [4.69, 9.17) is 16.3 Å². The number of aromatic nitrogens is 2. The van der Waals surface area contributed by atoms with Gasteiger partial charge in [-0.15, -0.1) is 10.2 Å². The van der Waals surface area contributed by atoms with E-state index in [1.807, 2.05) is 55.4 Å². The summed E-state index contributed by atoms with van der Waals surface area (Å²) in [5, 5.41) is 9.19. The van der Waals surface area contributed by atoms with Gasteiger partial charge >= 0.3 is 0 Å². The number of likely N-dealkylation sites (N-methyl/N-ethyl adjacent to an activating group) is 1. The zero-order chi connectivity index (χ0) is 27.1. The van der Waals surface area contributed by atoms with Crippen molar-refractivity contribution in [2.45, 2.75) is 0 Å². The second-order valence-corrected chi connectivity index (χ2v) is 9.79. The van der Waals surface area contributed by atoms with Crippen LogP contribution in [0.4, 0.5) is 5.82 Å². The summed E-state index contributed by atoms with van der Waals surface area (Å²) in [5.74, 6) is 1.25. The predicted molar refractivity (Wildman–Crippen MR) is 149 cm³/mol. The lowest BCUT2D eigenvalue weighted by atomic mass is 10.1. The molecule has 0 N–H and O–H groups in total. The van der Waals surface area contributed by atoms with E-state index in [9.17, 15) is 9.59 Å². The largest absolute Gasteiger partial charge is 0.497 e. The number of halogens is 1. The Morgan fingerprint density at radius 2 is 1.63 bits per heavy atom. The zero-order valence-electron chi connectivity index (χ0n) is 22.0. The molecular weight excluding hydrogens is 504 g/mol. The standard InChI is InChI=1S/C28H33ClN6O3/c1-32(2)14-15-35(28(37)23-6-4-5-7-24(23)29)20-27(36)34-18-16-33(17-19-34)26-13-12-25(30-31-26)21-8-10-22(38-3)11-9-21/h4-13H,14-20H2,1-3H3. The molecular formula is C28H33ClN6O3. The molecule has 2 aromatic carbocycles. The summed E-state index contributed by atoms with van der Waals surface area (Å²) in [6, 6.07) is 18.5. The summed E-state index contributed by atoms with van der Waals surface area (Å²) in [6.45, 7) is 3.44. The van der Waals surface area contributed by atoms with Gasteiger partial charge in [-0.05, 0) is 62.6 Å². The van der Waals surface area contributed by atoms with Crippen LogP contribution in [0.3, 0.4) is 0 Å². The monoisotopic (exact) mass is 536 g/mol. The van der Waals surface area contributed by atoms with E-state index in [0.717, 1.165) is 22.8 Å². The highest BCUT2D eigenvalue weighted by molar-refractivity contribution is 6.33. The summed E-state index contributed by atoms with van der Waals surface area (Å²) in [7, 11) is 5.51. The van der Waals surface area contributed by atoms with E-state index < -0.39 is 0 Å². The van der Waals surface area contributed by atoms with Gasteiger partial charge in [0, 0.05) is 44.8 Å². The number of carbonyl (C=O) groups excluding carboxylic acids is 2. The lowest BCUT2D eigenvalue weighted by Crippen LogP contribution is -2.52. The molecule has 1 saturated heterocycles. The van der Waals surface area contributed by atoms with Crippen molar-refractivity contribution >= 4 is 29.2 Å². The second kappa shape index (κ2) is 12.7. The number of ether oxygens (including phenoxy) is 1. The Morgan fingerprint density at radius 3 is 2.24 bits per heavy atom. The molecule has 9 nitrogen and oxygen atoms in total. The SMILES string of the molecule is COc1ccc(-c2ccc(N3CCN(C(=O)CN(CCN(C)C)C(=O)c4ccccc4Cl)CC3)nn2)cc1. The Balaban J connectivity index is 1.35. The van der Waals surface area contributed by atoms with E-state index in [2.05, 4.69) is 15.1 Å². The number of nitrogens with zero attached hydrogens (tertiary/aromatic N) is 6. The first-order chi connectivity index (χ1) is 18.4. The molecule has 0 saturated carbocycles. The van der Waals surface area contributed by atoms with Crippen molar-refractivity contribution in [1.29, 1.82) is 0 Å². The fourth-order valence-corrected chi connectivity index (χ4v) is 4.45. The van der Waals surface area contributed by atoms with Crippen LogP contribution in [0.5, 0.6) is 5.75 Å². The second-order valence-electron chi connectivity index (χ2n) is 9.38. The van der Waals surface area contributed by atoms with Crippen molar-refractivity contribution in [3.05, 3.63) is 71.2 Å². The van der Waals surface area contributed by atoms with Gasteiger partial charge in [-0.1, -0.05) is 23.7 Å². The number of piperazine rings is 1. The van der Waals surface area contributed by atoms with Crippen LogP contribution in [-0.2, 0) is 4.79 Å². The fourth-order valence-electron chi connectivity index (χ4n) is 4.24. The van der Waals surface area contributed by atoms with Gasteiger partial charge in [-0.25, -0.2) is 0 Å². The van der Waals surface area contributed by atoms with E-state index >= 15 is 0 Å². The summed E-state index contributed by atoms with van der Waals surface area (Å²) in [6.07, 6.45) is 0. The number of benzene rings is 2. The molecule has 4 rings (SSSR count). The number of hydrogen-bond acceptors (Lipinski definition) is 7. The van der Waals surface area contributed by atoms with Crippen molar-refractivity contribution in [3.8, 4) is 17.0 Å². The highest BCUT2D eigenvalue weighted by Crippen LogP contribution is 2.22. The zero-order valence-corrected chi connectivity index (χ0v) is 22.8. The molecule has 1 aromatic heterocycles. The van der Waals surface area contributed by atoms with Gasteiger partial charge in [-0.2, -0.15) is 0 Å². The van der Waals surface area contributed by atoms with Crippen molar-refractivity contribution < 1.29 is 14.3 Å². The summed E-state index contributed by atoms with van der Waals surface area (Å²) in [4.78, 5) is 33.9. The first-order valence-corrected chi connectivity index (χ1v) is 12.9. The third-order valence-electron chi connectivity index (χ3n) is 6.53. The fraction of sp³-hybridized carbons (Fsp3) is 0.357. The quantitative estimate of drug-likeness (QED) is 0.415. The minimum absolute atomic E-state index is 0.00819. The molecule has 2 heterocycles. The highest BCUT2D eigenvalue weighted by Gasteiger charge is 2.26. The molecule has 0 spiro atoms. The molecule has 200 valence electrons. The number of hydrogen-bond donors (Lipinski definition) is 0. The maximum absolute atomic E-state index is 13.2. The normalized spacial score (nSPS) is 13.5. The minimum Gasteiger partial charge on any atom is -0.497 e. The molecule has 3 aromatic rings. The highest BCUT2D eigenvalue weighted by atomic mass is 35.5. The first kappa shape index (κ1) is 27.3. The van der Waals surface area contributed by atoms with Gasteiger partial charge in [0.25, 0.3) is 5.91 Å². The number of anilines is 1. The number of amides is 2. The first-order valence-electron chi connectivity index (χ1n) is 12.5. The molecule has 2 amide bonds. The van der Waals surface area contributed by atoms with Gasteiger partial charge in [0.1, 0.15) is 12.3 Å². The van der Waals surface area contributed by atoms with Gasteiger partial charge in [0.2, 0.25) is 5.91 Å². The number of carbonyl (C=O) groups is 2. The van der Waals surface area contributed by atoms with Crippen molar-refractivity contribution in [1.82, 2.24) is 24.9 Å². The van der Waals surface area contributed by atoms with E-state index in [1.165, 1.54) is 0 Å². The van der Waals surface area contributed by atoms with Crippen molar-refractivity contribution in [2.24, 2.45) is 0 Å². The Hall–Kier alpha value is -3.69. The summed E-state index contributed by atoms with van der Waals surface area (Å²) in [5.41, 5.74) is 2.15. The molecule has 38 heavy (non-hydrogen) atoms. The van der Waals surface area contributed by atoms with Crippen LogP contribution < -0.4 is 9.64 Å². The molecule has 0 unspecified atom stereocenters. The molecule has 1 aliphatic heterocycles. The van der Waals surface area contributed by atoms with Crippen LogP contribution in [-0.4, -0.2) is 104 Å². The van der Waals surface area contributed by atoms with Crippen LogP contribution in [0, 0.1) is 0 Å². The average Bonchev–Trinajstić information content (AvgIpc) is 2.95. The molecule has 0 bridgehead atoms. The third kappa shape index (κ3) is 6.79. The van der Waals surface area contributed by atoms with E-state index in [-0.39, 0.29) is 18.4 Å². The van der Waals surface area contributed by atoms with Crippen LogP contribution in [0.15, 0.2) is 60.7 Å². The van der Waals surface area contributed by atoms with Gasteiger partial charge < -0.3 is 24.3 Å². The number of rotatable bonds is 9. The minimum atomic E-state index is -0.239. The molecule has 1 fully saturated rings. The topological polar surface area (TPSA) is 82.1 Å². The molecule has 0 radical (unpaired) electrons. The molecule has 0 atom stereocenters. The molecule has 0 aliphatic carbocycles. The predicted octanol–water partition coefficient (Wildman–Crippen LogP) is 3.16. The lowest BCUT2D eigenvalue weighted by molar-refractivity contribution is -0.132. The number of methoxy groups -OCH3 is 1. The Labute approximate surface area is 228 Å². The van der Waals surface area contributed by atoms with E-state index in [1.54, 1.807) is 41.2 Å². The maximum Gasteiger partial charge on any atom is 0.255 e. The third-order valence-corrected chi connectivity index (χ3v) is 6.86. The van der Waals surface area contributed by atoms with Crippen LogP contribution in [0.2, 0.25) is 5.02 Å².